The molecular weight excluding hydrogens is 734 g/mol. The molecular formula is C39H45N11O7. The highest BCUT2D eigenvalue weighted by Gasteiger charge is 2.22. The number of ether oxygens (including phenoxy) is 4. The van der Waals surface area contributed by atoms with Gasteiger partial charge in [0.1, 0.15) is 29.2 Å². The van der Waals surface area contributed by atoms with Gasteiger partial charge in [0, 0.05) is 37.6 Å². The molecule has 1 aliphatic rings. The quantitative estimate of drug-likeness (QED) is 0.100. The number of carbonyl (C=O) groups is 2. The molecule has 0 atom stereocenters. The summed E-state index contributed by atoms with van der Waals surface area (Å²) in [4.78, 5) is 47.9. The molecule has 7 rings (SSSR count). The smallest absolute Gasteiger partial charge is 0.292 e. The molecule has 18 nitrogen and oxygen atoms in total. The first-order valence-corrected chi connectivity index (χ1v) is 18.7. The van der Waals surface area contributed by atoms with E-state index in [1.54, 1.807) is 13.0 Å². The van der Waals surface area contributed by atoms with E-state index < -0.39 is 0 Å². The number of anilines is 2. The van der Waals surface area contributed by atoms with Crippen LogP contribution in [0.2, 0.25) is 0 Å². The highest BCUT2D eigenvalue weighted by atomic mass is 16.6. The average Bonchev–Trinajstić information content (AvgIpc) is 3.78. The van der Waals surface area contributed by atoms with Gasteiger partial charge >= 0.3 is 0 Å². The van der Waals surface area contributed by atoms with Gasteiger partial charge in [0.05, 0.1) is 76.8 Å². The number of benzene rings is 2. The van der Waals surface area contributed by atoms with Crippen molar-refractivity contribution in [1.29, 1.82) is 0 Å². The van der Waals surface area contributed by atoms with Crippen LogP contribution in [0.15, 0.2) is 59.5 Å². The van der Waals surface area contributed by atoms with Crippen molar-refractivity contribution < 1.29 is 33.0 Å². The molecule has 0 radical (unpaired) electrons. The first-order valence-electron chi connectivity index (χ1n) is 18.7. The molecule has 0 saturated carbocycles. The Kier molecular flexibility index (Phi) is 12.9. The molecule has 0 unspecified atom stereocenters. The average molecular weight is 780 g/mol. The van der Waals surface area contributed by atoms with Crippen LogP contribution in [-0.2, 0) is 43.3 Å². The lowest BCUT2D eigenvalue weighted by atomic mass is 9.97. The number of nitrogens with one attached hydrogen (secondary N) is 1. The largest absolute Gasteiger partial charge is 0.424 e. The Hall–Kier alpha value is -6.08. The maximum atomic E-state index is 13.0. The van der Waals surface area contributed by atoms with Crippen LogP contribution in [0.1, 0.15) is 39.3 Å². The van der Waals surface area contributed by atoms with Crippen LogP contribution in [0, 0.1) is 6.92 Å². The van der Waals surface area contributed by atoms with Crippen LogP contribution in [0.4, 0.5) is 11.8 Å². The number of rotatable bonds is 19. The van der Waals surface area contributed by atoms with Crippen LogP contribution in [0.5, 0.6) is 0 Å². The third-order valence-electron chi connectivity index (χ3n) is 9.36. The minimum absolute atomic E-state index is 0.0591. The normalized spacial score (nSPS) is 12.7. The van der Waals surface area contributed by atoms with Crippen LogP contribution in [-0.4, -0.2) is 117 Å². The van der Waals surface area contributed by atoms with Gasteiger partial charge in [-0.15, -0.1) is 0 Å². The van der Waals surface area contributed by atoms with Gasteiger partial charge in [-0.05, 0) is 48.2 Å². The summed E-state index contributed by atoms with van der Waals surface area (Å²) in [6.07, 6.45) is 5.48. The molecule has 0 bridgehead atoms. The molecule has 2 aromatic carbocycles. The third kappa shape index (κ3) is 10.0. The molecule has 4 aromatic heterocycles. The molecule has 0 saturated heterocycles. The van der Waals surface area contributed by atoms with E-state index in [2.05, 4.69) is 48.4 Å². The summed E-state index contributed by atoms with van der Waals surface area (Å²) in [5, 5.41) is 8.33. The van der Waals surface area contributed by atoms with Crippen molar-refractivity contribution in [2.75, 3.05) is 77.4 Å². The van der Waals surface area contributed by atoms with Gasteiger partial charge in [-0.2, -0.15) is 10.1 Å². The van der Waals surface area contributed by atoms with Gasteiger partial charge in [0.2, 0.25) is 5.91 Å². The van der Waals surface area contributed by atoms with E-state index in [-0.39, 0.29) is 17.8 Å². The number of nitrogens with zero attached hydrogens (tertiary/aromatic N) is 8. The van der Waals surface area contributed by atoms with E-state index in [4.69, 9.17) is 39.9 Å². The molecule has 0 spiro atoms. The summed E-state index contributed by atoms with van der Waals surface area (Å²) < 4.78 is 29.5. The summed E-state index contributed by atoms with van der Waals surface area (Å²) in [5.74, 6) is 0.766. The highest BCUT2D eigenvalue weighted by molar-refractivity contribution is 5.99. The zero-order valence-corrected chi connectivity index (χ0v) is 31.7. The molecule has 2 amide bonds. The van der Waals surface area contributed by atoms with Crippen LogP contribution in [0.25, 0.3) is 33.4 Å². The Morgan fingerprint density at radius 3 is 2.37 bits per heavy atom. The summed E-state index contributed by atoms with van der Waals surface area (Å²) in [6, 6.07) is 12.0. The molecule has 0 fully saturated rings. The molecule has 18 heteroatoms. The SMILES string of the molecule is Cc1ncc(C(=O)NCCOCCOCCOCCOCCC(=O)N2CCc3cc(Cn4nc(-c5ccc6oc(N)nc6c5)c5c(N)ncnc54)ccc3C2)cn1. The Morgan fingerprint density at radius 1 is 0.860 bits per heavy atom. The Balaban J connectivity index is 0.773. The fourth-order valence-corrected chi connectivity index (χ4v) is 6.45. The Bertz CT molecular complexity index is 2310. The summed E-state index contributed by atoms with van der Waals surface area (Å²) in [6.45, 7) is 6.96. The van der Waals surface area contributed by atoms with Gasteiger partial charge in [-0.25, -0.2) is 24.6 Å². The molecule has 298 valence electrons. The number of aryl methyl sites for hydroxylation is 1. The molecule has 0 aliphatic carbocycles. The second-order valence-electron chi connectivity index (χ2n) is 13.3. The Morgan fingerprint density at radius 2 is 1.60 bits per heavy atom. The first-order chi connectivity index (χ1) is 27.8. The zero-order chi connectivity index (χ0) is 39.6. The number of aromatic nitrogens is 7. The lowest BCUT2D eigenvalue weighted by molar-refractivity contribution is -0.133. The van der Waals surface area contributed by atoms with Gasteiger partial charge in [0.25, 0.3) is 11.9 Å². The van der Waals surface area contributed by atoms with E-state index in [0.29, 0.717) is 130 Å². The predicted molar refractivity (Wildman–Crippen MR) is 209 cm³/mol. The highest BCUT2D eigenvalue weighted by Crippen LogP contribution is 2.33. The lowest BCUT2D eigenvalue weighted by Gasteiger charge is -2.29. The fraction of sp³-hybridized carbons (Fsp3) is 0.385. The number of amides is 2. The van der Waals surface area contributed by atoms with Crippen molar-refractivity contribution in [2.45, 2.75) is 32.9 Å². The van der Waals surface area contributed by atoms with E-state index in [0.717, 1.165) is 23.1 Å². The molecule has 57 heavy (non-hydrogen) atoms. The summed E-state index contributed by atoms with van der Waals surface area (Å²) >= 11 is 0. The summed E-state index contributed by atoms with van der Waals surface area (Å²) in [7, 11) is 0. The number of fused-ring (bicyclic) bond motifs is 3. The topological polar surface area (TPSA) is 234 Å². The zero-order valence-electron chi connectivity index (χ0n) is 31.7. The maximum absolute atomic E-state index is 13.0. The standard InChI is InChI=1S/C39H45N11O7/c1-25-43-20-30(21-44-25)38(52)42-8-11-54-13-15-56-17-16-55-14-12-53-10-7-33(51)49-9-6-27-18-26(2-3-29(27)23-49)22-50-37-34(36(40)45-24-46-37)35(48-50)28-4-5-32-31(19-28)47-39(41)57-32/h2-5,18-21,24H,6-17,22-23H2,1H3,(H2,41,47)(H,42,52)(H2,40,45,46). The first kappa shape index (κ1) is 39.2. The van der Waals surface area contributed by atoms with Crippen molar-refractivity contribution in [3.63, 3.8) is 0 Å². The number of hydrogen-bond acceptors (Lipinski definition) is 15. The third-order valence-corrected chi connectivity index (χ3v) is 9.36. The van der Waals surface area contributed by atoms with E-state index in [1.165, 1.54) is 24.3 Å². The fourth-order valence-electron chi connectivity index (χ4n) is 6.45. The van der Waals surface area contributed by atoms with Crippen molar-refractivity contribution in [2.24, 2.45) is 0 Å². The number of nitrogen functional groups attached to an aromatic ring is 2. The number of hydrogen-bond donors (Lipinski definition) is 3. The second-order valence-corrected chi connectivity index (χ2v) is 13.3. The minimum Gasteiger partial charge on any atom is -0.424 e. The monoisotopic (exact) mass is 779 g/mol. The maximum Gasteiger partial charge on any atom is 0.292 e. The van der Waals surface area contributed by atoms with Crippen molar-refractivity contribution in [3.05, 3.63) is 83.2 Å². The van der Waals surface area contributed by atoms with Gasteiger partial charge < -0.3 is 45.0 Å². The van der Waals surface area contributed by atoms with E-state index in [9.17, 15) is 9.59 Å². The molecule has 5 heterocycles. The van der Waals surface area contributed by atoms with Crippen molar-refractivity contribution in [1.82, 2.24) is 44.9 Å². The van der Waals surface area contributed by atoms with Gasteiger partial charge in [-0.3, -0.25) is 9.59 Å². The van der Waals surface area contributed by atoms with Crippen LogP contribution >= 0.6 is 0 Å². The van der Waals surface area contributed by atoms with Gasteiger partial charge in [-0.1, -0.05) is 18.2 Å². The summed E-state index contributed by atoms with van der Waals surface area (Å²) in [5.41, 5.74) is 19.1. The van der Waals surface area contributed by atoms with Crippen LogP contribution < -0.4 is 16.8 Å². The predicted octanol–water partition coefficient (Wildman–Crippen LogP) is 2.72. The van der Waals surface area contributed by atoms with Crippen molar-refractivity contribution >= 4 is 45.8 Å². The lowest BCUT2D eigenvalue weighted by Crippen LogP contribution is -2.36. The van der Waals surface area contributed by atoms with E-state index in [1.807, 2.05) is 21.7 Å². The molecule has 5 N–H and O–H groups in total. The molecule has 1 aliphatic heterocycles. The minimum atomic E-state index is -0.241. The Labute approximate surface area is 327 Å². The number of oxazole rings is 1. The molecule has 6 aromatic rings. The van der Waals surface area contributed by atoms with E-state index >= 15 is 0 Å². The van der Waals surface area contributed by atoms with Crippen molar-refractivity contribution in [3.8, 4) is 11.3 Å². The number of nitrogens with two attached hydrogens (primary N) is 2. The van der Waals surface area contributed by atoms with Crippen LogP contribution in [0.3, 0.4) is 0 Å². The van der Waals surface area contributed by atoms with Gasteiger partial charge in [0.15, 0.2) is 11.2 Å². The second kappa shape index (κ2) is 18.7. The number of carbonyl (C=O) groups excluding carboxylic acids is 2.